The van der Waals surface area contributed by atoms with Crippen molar-refractivity contribution >= 4 is 11.3 Å². The van der Waals surface area contributed by atoms with Gasteiger partial charge >= 0.3 is 0 Å². The van der Waals surface area contributed by atoms with Crippen molar-refractivity contribution in [3.05, 3.63) is 15.6 Å². The lowest BCUT2D eigenvalue weighted by atomic mass is 10.4. The quantitative estimate of drug-likeness (QED) is 0.727. The van der Waals surface area contributed by atoms with Gasteiger partial charge in [0.15, 0.2) is 0 Å². The summed E-state index contributed by atoms with van der Waals surface area (Å²) in [5, 5.41) is 4.38. The molecule has 1 rings (SSSR count). The first-order chi connectivity index (χ1) is 7.24. The molecule has 0 bridgehead atoms. The van der Waals surface area contributed by atoms with E-state index in [-0.39, 0.29) is 0 Å². The zero-order valence-corrected chi connectivity index (χ0v) is 10.6. The van der Waals surface area contributed by atoms with E-state index in [1.165, 1.54) is 11.3 Å². The minimum atomic E-state index is 0.646. The summed E-state index contributed by atoms with van der Waals surface area (Å²) in [6, 6.07) is 0. The summed E-state index contributed by atoms with van der Waals surface area (Å²) in [5.41, 5.74) is 1.13. The number of aromatic nitrogens is 1. The minimum absolute atomic E-state index is 0.646. The van der Waals surface area contributed by atoms with Crippen molar-refractivity contribution in [3.8, 4) is 0 Å². The lowest BCUT2D eigenvalue weighted by molar-refractivity contribution is 0.122. The highest BCUT2D eigenvalue weighted by Gasteiger charge is 2.02. The van der Waals surface area contributed by atoms with Gasteiger partial charge < -0.3 is 10.1 Å². The van der Waals surface area contributed by atoms with Crippen molar-refractivity contribution in [1.29, 1.82) is 0 Å². The smallest absolute Gasteiger partial charge is 0.119 e. The monoisotopic (exact) mass is 228 g/mol. The number of hydrogen-bond acceptors (Lipinski definition) is 4. The van der Waals surface area contributed by atoms with Gasteiger partial charge in [0, 0.05) is 11.4 Å². The Kier molecular flexibility index (Phi) is 5.83. The second kappa shape index (κ2) is 6.93. The number of nitrogens with one attached hydrogen (secondary N) is 1. The Bertz CT molecular complexity index is 267. The molecule has 0 saturated carbocycles. The molecule has 0 fully saturated rings. The zero-order valence-electron chi connectivity index (χ0n) is 9.80. The van der Waals surface area contributed by atoms with Gasteiger partial charge in [-0.15, -0.1) is 11.3 Å². The number of rotatable bonds is 7. The molecule has 0 unspecified atom stereocenters. The molecule has 86 valence electrons. The summed E-state index contributed by atoms with van der Waals surface area (Å²) in [6.07, 6.45) is 1.17. The van der Waals surface area contributed by atoms with E-state index in [0.29, 0.717) is 6.61 Å². The summed E-state index contributed by atoms with van der Waals surface area (Å²) in [4.78, 5) is 5.71. The number of hydrogen-bond donors (Lipinski definition) is 1. The average molecular weight is 228 g/mol. The third kappa shape index (κ3) is 4.73. The second-order valence-corrected chi connectivity index (χ2v) is 4.84. The highest BCUT2D eigenvalue weighted by molar-refractivity contribution is 7.11. The first-order valence-electron chi connectivity index (χ1n) is 5.45. The maximum Gasteiger partial charge on any atom is 0.119 e. The van der Waals surface area contributed by atoms with Gasteiger partial charge in [-0.05, 0) is 26.8 Å². The Labute approximate surface area is 95.9 Å². The number of nitrogens with zero attached hydrogens (tertiary/aromatic N) is 1. The van der Waals surface area contributed by atoms with Crippen molar-refractivity contribution in [3.63, 3.8) is 0 Å². The molecular formula is C11H20N2OS. The predicted molar refractivity (Wildman–Crippen MR) is 64.4 cm³/mol. The van der Waals surface area contributed by atoms with Crippen LogP contribution in [0.15, 0.2) is 0 Å². The van der Waals surface area contributed by atoms with Gasteiger partial charge in [-0.25, -0.2) is 4.98 Å². The molecule has 15 heavy (non-hydrogen) atoms. The highest BCUT2D eigenvalue weighted by Crippen LogP contribution is 2.16. The molecule has 0 aliphatic carbocycles. The van der Waals surface area contributed by atoms with E-state index < -0.39 is 0 Å². The Balaban J connectivity index is 2.10. The summed E-state index contributed by atoms with van der Waals surface area (Å²) in [5.74, 6) is 0. The molecule has 1 N–H and O–H groups in total. The fourth-order valence-corrected chi connectivity index (χ4v) is 2.08. The third-order valence-electron chi connectivity index (χ3n) is 2.15. The predicted octanol–water partition coefficient (Wildman–Crippen LogP) is 2.28. The number of aryl methyl sites for hydroxylation is 2. The molecule has 0 radical (unpaired) electrons. The molecule has 0 amide bonds. The van der Waals surface area contributed by atoms with Crippen molar-refractivity contribution in [2.45, 2.75) is 33.8 Å². The van der Waals surface area contributed by atoms with Crippen LogP contribution in [0.5, 0.6) is 0 Å². The highest BCUT2D eigenvalue weighted by atomic mass is 32.1. The standard InChI is InChI=1S/C11H20N2OS/c1-4-5-12-6-7-14-8-11-13-9(2)10(3)15-11/h12H,4-8H2,1-3H3. The molecule has 0 aliphatic heterocycles. The fourth-order valence-electron chi connectivity index (χ4n) is 1.21. The maximum absolute atomic E-state index is 5.52. The van der Waals surface area contributed by atoms with Crippen LogP contribution in [-0.4, -0.2) is 24.7 Å². The Morgan fingerprint density at radius 3 is 2.73 bits per heavy atom. The molecule has 0 aliphatic rings. The van der Waals surface area contributed by atoms with Crippen LogP contribution in [0.2, 0.25) is 0 Å². The molecule has 3 nitrogen and oxygen atoms in total. The summed E-state index contributed by atoms with van der Waals surface area (Å²) < 4.78 is 5.52. The van der Waals surface area contributed by atoms with E-state index in [1.54, 1.807) is 11.3 Å². The van der Waals surface area contributed by atoms with E-state index in [2.05, 4.69) is 24.1 Å². The lowest BCUT2D eigenvalue weighted by Crippen LogP contribution is -2.20. The lowest BCUT2D eigenvalue weighted by Gasteiger charge is -2.03. The fraction of sp³-hybridized carbons (Fsp3) is 0.727. The maximum atomic E-state index is 5.52. The van der Waals surface area contributed by atoms with E-state index in [1.807, 2.05) is 6.92 Å². The largest absolute Gasteiger partial charge is 0.373 e. The molecule has 1 aromatic heterocycles. The van der Waals surface area contributed by atoms with Crippen molar-refractivity contribution < 1.29 is 4.74 Å². The van der Waals surface area contributed by atoms with Crippen molar-refractivity contribution in [2.24, 2.45) is 0 Å². The average Bonchev–Trinajstić information content (AvgIpc) is 2.52. The van der Waals surface area contributed by atoms with Gasteiger partial charge in [-0.1, -0.05) is 6.92 Å². The molecule has 0 saturated heterocycles. The minimum Gasteiger partial charge on any atom is -0.373 e. The van der Waals surface area contributed by atoms with Crippen molar-refractivity contribution in [1.82, 2.24) is 10.3 Å². The van der Waals surface area contributed by atoms with Gasteiger partial charge in [0.1, 0.15) is 5.01 Å². The van der Waals surface area contributed by atoms with Gasteiger partial charge in [0.05, 0.1) is 18.9 Å². The van der Waals surface area contributed by atoms with Gasteiger partial charge in [-0.3, -0.25) is 0 Å². The van der Waals surface area contributed by atoms with E-state index in [0.717, 1.165) is 30.4 Å². The zero-order chi connectivity index (χ0) is 11.1. The Morgan fingerprint density at radius 1 is 1.33 bits per heavy atom. The number of thiazole rings is 1. The van der Waals surface area contributed by atoms with Crippen LogP contribution in [-0.2, 0) is 11.3 Å². The van der Waals surface area contributed by atoms with E-state index in [4.69, 9.17) is 4.74 Å². The second-order valence-electron chi connectivity index (χ2n) is 3.55. The Hall–Kier alpha value is -0.450. The third-order valence-corrected chi connectivity index (χ3v) is 3.19. The molecular weight excluding hydrogens is 208 g/mol. The first-order valence-corrected chi connectivity index (χ1v) is 6.27. The molecule has 0 atom stereocenters. The van der Waals surface area contributed by atoms with E-state index >= 15 is 0 Å². The number of ether oxygens (including phenoxy) is 1. The van der Waals surface area contributed by atoms with Crippen LogP contribution < -0.4 is 5.32 Å². The van der Waals surface area contributed by atoms with Crippen LogP contribution in [0.25, 0.3) is 0 Å². The topological polar surface area (TPSA) is 34.1 Å². The summed E-state index contributed by atoms with van der Waals surface area (Å²) in [6.45, 7) is 9.70. The SMILES string of the molecule is CCCNCCOCc1nc(C)c(C)s1. The van der Waals surface area contributed by atoms with Gasteiger partial charge in [-0.2, -0.15) is 0 Å². The van der Waals surface area contributed by atoms with Crippen LogP contribution in [0.4, 0.5) is 0 Å². The molecule has 1 aromatic rings. The summed E-state index contributed by atoms with van der Waals surface area (Å²) in [7, 11) is 0. The van der Waals surface area contributed by atoms with Crippen LogP contribution >= 0.6 is 11.3 Å². The first kappa shape index (κ1) is 12.6. The molecule has 1 heterocycles. The van der Waals surface area contributed by atoms with Crippen LogP contribution in [0.3, 0.4) is 0 Å². The van der Waals surface area contributed by atoms with Crippen molar-refractivity contribution in [2.75, 3.05) is 19.7 Å². The van der Waals surface area contributed by atoms with Gasteiger partial charge in [0.2, 0.25) is 0 Å². The Morgan fingerprint density at radius 2 is 2.13 bits per heavy atom. The van der Waals surface area contributed by atoms with Gasteiger partial charge in [0.25, 0.3) is 0 Å². The van der Waals surface area contributed by atoms with E-state index in [9.17, 15) is 0 Å². The van der Waals surface area contributed by atoms with Crippen LogP contribution in [0, 0.1) is 13.8 Å². The summed E-state index contributed by atoms with van der Waals surface area (Å²) >= 11 is 1.73. The van der Waals surface area contributed by atoms with Crippen LogP contribution in [0.1, 0.15) is 28.9 Å². The molecule has 0 spiro atoms. The molecule has 4 heteroatoms. The normalized spacial score (nSPS) is 10.9. The molecule has 0 aromatic carbocycles.